The van der Waals surface area contributed by atoms with E-state index >= 15 is 0 Å². The zero-order valence-corrected chi connectivity index (χ0v) is 25.8. The Bertz CT molecular complexity index is 481. The fraction of sp³-hybridized carbons (Fsp3) is 0.879. The normalized spacial score (nSPS) is 16.1. The second-order valence-electron chi connectivity index (χ2n) is 11.1. The molecule has 1 saturated carbocycles. The van der Waals surface area contributed by atoms with Gasteiger partial charge in [-0.05, 0) is 68.3 Å². The lowest BCUT2D eigenvalue weighted by atomic mass is 9.94. The molecule has 0 aromatic carbocycles. The summed E-state index contributed by atoms with van der Waals surface area (Å²) >= 11 is 0. The Balaban J connectivity index is 0. The summed E-state index contributed by atoms with van der Waals surface area (Å²) in [5.41, 5.74) is 3.58. The van der Waals surface area contributed by atoms with Crippen LogP contribution >= 0.6 is 0 Å². The van der Waals surface area contributed by atoms with E-state index in [9.17, 15) is 0 Å². The van der Waals surface area contributed by atoms with Gasteiger partial charge in [-0.25, -0.2) is 0 Å². The van der Waals surface area contributed by atoms with Crippen molar-refractivity contribution < 1.29 is 0 Å². The first kappa shape index (κ1) is 35.4. The maximum Gasteiger partial charge on any atom is 0.0203 e. The summed E-state index contributed by atoms with van der Waals surface area (Å²) in [6.45, 7) is 27.3. The summed E-state index contributed by atoms with van der Waals surface area (Å²) in [5.74, 6) is 3.60. The highest BCUT2D eigenvalue weighted by atomic mass is 15.2. The number of rotatable bonds is 14. The van der Waals surface area contributed by atoms with Gasteiger partial charge in [0, 0.05) is 25.2 Å². The van der Waals surface area contributed by atoms with Gasteiger partial charge in [0.25, 0.3) is 0 Å². The molecule has 1 nitrogen and oxygen atoms in total. The fourth-order valence-corrected chi connectivity index (χ4v) is 4.26. The van der Waals surface area contributed by atoms with E-state index in [1.807, 2.05) is 12.5 Å². The molecule has 0 heterocycles. The van der Waals surface area contributed by atoms with Crippen molar-refractivity contribution in [2.45, 2.75) is 153 Å². The van der Waals surface area contributed by atoms with Crippen molar-refractivity contribution in [3.8, 4) is 0 Å². The minimum atomic E-state index is 0.779. The smallest absolute Gasteiger partial charge is 0.0203 e. The highest BCUT2D eigenvalue weighted by Gasteiger charge is 2.35. The van der Waals surface area contributed by atoms with E-state index in [1.165, 1.54) is 83.7 Å². The lowest BCUT2D eigenvalue weighted by Crippen LogP contribution is -2.29. The molecule has 34 heavy (non-hydrogen) atoms. The number of allylic oxidation sites excluding steroid dienone is 4. The first-order valence-corrected chi connectivity index (χ1v) is 15.4. The Labute approximate surface area is 218 Å². The minimum Gasteiger partial charge on any atom is -0.374 e. The quantitative estimate of drug-likeness (QED) is 0.225. The summed E-state index contributed by atoms with van der Waals surface area (Å²) < 4.78 is 0. The van der Waals surface area contributed by atoms with Crippen LogP contribution in [0.5, 0.6) is 0 Å². The van der Waals surface area contributed by atoms with Crippen molar-refractivity contribution in [3.05, 3.63) is 23.4 Å². The molecule has 0 bridgehead atoms. The maximum absolute atomic E-state index is 2.78. The van der Waals surface area contributed by atoms with Crippen molar-refractivity contribution in [1.82, 2.24) is 4.90 Å². The van der Waals surface area contributed by atoms with E-state index in [0.717, 1.165) is 30.1 Å². The third-order valence-corrected chi connectivity index (χ3v) is 6.51. The Kier molecular flexibility index (Phi) is 25.0. The molecule has 0 N–H and O–H groups in total. The maximum atomic E-state index is 2.78. The molecule has 2 aliphatic rings. The molecular weight excluding hydrogens is 410 g/mol. The molecule has 2 atom stereocenters. The van der Waals surface area contributed by atoms with E-state index in [0.29, 0.717) is 0 Å². The molecule has 1 fully saturated rings. The van der Waals surface area contributed by atoms with Crippen LogP contribution in [0.4, 0.5) is 0 Å². The van der Waals surface area contributed by atoms with Crippen molar-refractivity contribution >= 4 is 0 Å². The average Bonchev–Trinajstić information content (AvgIpc) is 3.71. The van der Waals surface area contributed by atoms with Gasteiger partial charge in [0.1, 0.15) is 0 Å². The lowest BCUT2D eigenvalue weighted by molar-refractivity contribution is 0.260. The van der Waals surface area contributed by atoms with E-state index in [2.05, 4.69) is 86.3 Å². The van der Waals surface area contributed by atoms with E-state index < -0.39 is 0 Å². The van der Waals surface area contributed by atoms with Crippen LogP contribution in [0.15, 0.2) is 23.4 Å². The van der Waals surface area contributed by atoms with Crippen LogP contribution < -0.4 is 0 Å². The molecule has 0 aliphatic heterocycles. The lowest BCUT2D eigenvalue weighted by Gasteiger charge is -2.27. The largest absolute Gasteiger partial charge is 0.374 e. The molecule has 0 spiro atoms. The molecule has 2 rings (SSSR count). The van der Waals surface area contributed by atoms with E-state index in [4.69, 9.17) is 0 Å². The summed E-state index contributed by atoms with van der Waals surface area (Å²) in [4.78, 5) is 2.78. The minimum absolute atomic E-state index is 0.779. The highest BCUT2D eigenvalue weighted by Crippen LogP contribution is 2.45. The van der Waals surface area contributed by atoms with Crippen LogP contribution in [0.2, 0.25) is 0 Å². The van der Waals surface area contributed by atoms with Crippen LogP contribution in [0.3, 0.4) is 0 Å². The van der Waals surface area contributed by atoms with Gasteiger partial charge in [-0.2, -0.15) is 0 Å². The molecule has 0 radical (unpaired) electrons. The molecule has 204 valence electrons. The van der Waals surface area contributed by atoms with Gasteiger partial charge in [-0.3, -0.25) is 0 Å². The second-order valence-corrected chi connectivity index (χ2v) is 11.1. The average molecular weight is 478 g/mol. The molecular formula is C33H67N. The number of nitrogens with zero attached hydrogens (tertiary/aromatic N) is 1. The third kappa shape index (κ3) is 19.6. The standard InChI is InChI=1S/C21H39N.C5H10.C4H10.C3H8/c1-6-8-10-19(9-7-2)20-13-21(20)22(14-16(3)4)15-17(5)18-11-12-18;1-3-5-4-2;1-3-4-2;1-3-2/h16-19H,6-15H2,1-5H3;3,5H,4H2,1-2H3;3-4H2,1-2H3;3H2,1-2H3/b;5-3-;;. The van der Waals surface area contributed by atoms with Crippen LogP contribution in [0.1, 0.15) is 153 Å². The van der Waals surface area contributed by atoms with E-state index in [-0.39, 0.29) is 0 Å². The van der Waals surface area contributed by atoms with Gasteiger partial charge >= 0.3 is 0 Å². The van der Waals surface area contributed by atoms with Crippen molar-refractivity contribution in [2.24, 2.45) is 23.7 Å². The number of hydrogen-bond acceptors (Lipinski definition) is 1. The Morgan fingerprint density at radius 1 is 0.824 bits per heavy atom. The predicted molar refractivity (Wildman–Crippen MR) is 160 cm³/mol. The molecule has 1 heteroatoms. The van der Waals surface area contributed by atoms with Gasteiger partial charge < -0.3 is 4.90 Å². The molecule has 0 saturated heterocycles. The van der Waals surface area contributed by atoms with Crippen molar-refractivity contribution in [1.29, 1.82) is 0 Å². The molecule has 2 unspecified atom stereocenters. The van der Waals surface area contributed by atoms with Gasteiger partial charge in [0.2, 0.25) is 0 Å². The topological polar surface area (TPSA) is 3.24 Å². The second kappa shape index (κ2) is 24.0. The van der Waals surface area contributed by atoms with Crippen LogP contribution in [0, 0.1) is 23.7 Å². The third-order valence-electron chi connectivity index (χ3n) is 6.51. The van der Waals surface area contributed by atoms with E-state index in [1.54, 1.807) is 5.70 Å². The van der Waals surface area contributed by atoms with Crippen molar-refractivity contribution in [2.75, 3.05) is 13.1 Å². The zero-order chi connectivity index (χ0) is 26.4. The van der Waals surface area contributed by atoms with Gasteiger partial charge in [-0.15, -0.1) is 0 Å². The van der Waals surface area contributed by atoms with Crippen LogP contribution in [0.25, 0.3) is 0 Å². The molecule has 0 amide bonds. The summed E-state index contributed by atoms with van der Waals surface area (Å²) in [6.07, 6.45) is 20.5. The number of unbranched alkanes of at least 4 members (excludes halogenated alkanes) is 2. The first-order valence-electron chi connectivity index (χ1n) is 15.4. The Morgan fingerprint density at radius 3 is 1.76 bits per heavy atom. The monoisotopic (exact) mass is 478 g/mol. The molecule has 0 aromatic rings. The Morgan fingerprint density at radius 2 is 1.41 bits per heavy atom. The van der Waals surface area contributed by atoms with Gasteiger partial charge in [-0.1, -0.05) is 120 Å². The first-order chi connectivity index (χ1) is 16.3. The SMILES string of the molecule is C/C=C\CC.CCC.CCCC.CCCCC(CCC)C1=C(N(CC(C)C)CC(C)C2CC2)C1. The molecule has 0 aromatic heterocycles. The fourth-order valence-electron chi connectivity index (χ4n) is 4.26. The summed E-state index contributed by atoms with van der Waals surface area (Å²) in [5, 5.41) is 0. The predicted octanol–water partition coefficient (Wildman–Crippen LogP) is 11.4. The zero-order valence-electron chi connectivity index (χ0n) is 25.8. The summed E-state index contributed by atoms with van der Waals surface area (Å²) in [7, 11) is 0. The van der Waals surface area contributed by atoms with Crippen LogP contribution in [-0.4, -0.2) is 18.0 Å². The van der Waals surface area contributed by atoms with Crippen LogP contribution in [-0.2, 0) is 0 Å². The molecule has 2 aliphatic carbocycles. The highest BCUT2D eigenvalue weighted by molar-refractivity contribution is 5.36. The summed E-state index contributed by atoms with van der Waals surface area (Å²) in [6, 6.07) is 0. The van der Waals surface area contributed by atoms with Gasteiger partial charge in [0.05, 0.1) is 0 Å². The van der Waals surface area contributed by atoms with Gasteiger partial charge in [0.15, 0.2) is 0 Å². The Hall–Kier alpha value is -0.720. The number of hydrogen-bond donors (Lipinski definition) is 0. The van der Waals surface area contributed by atoms with Crippen molar-refractivity contribution in [3.63, 3.8) is 0 Å².